The summed E-state index contributed by atoms with van der Waals surface area (Å²) in [5.41, 5.74) is 9.26. The van der Waals surface area contributed by atoms with Gasteiger partial charge in [-0.25, -0.2) is 15.0 Å². The Morgan fingerprint density at radius 2 is 1.50 bits per heavy atom. The molecule has 0 aliphatic rings. The van der Waals surface area contributed by atoms with E-state index in [0.717, 1.165) is 11.1 Å². The number of ether oxygens (including phenoxy) is 1. The van der Waals surface area contributed by atoms with Gasteiger partial charge in [-0.3, -0.25) is 0 Å². The summed E-state index contributed by atoms with van der Waals surface area (Å²) in [6.07, 6.45) is 0. The van der Waals surface area contributed by atoms with Gasteiger partial charge in [-0.15, -0.1) is 10.2 Å². The number of nitrogens with two attached hydrogens (primary N) is 1. The monoisotopic (exact) mass is 379 g/mol. The molecular weight excluding hydrogens is 358 g/mol. The van der Waals surface area contributed by atoms with Crippen LogP contribution in [-0.2, 0) is 9.53 Å². The third-order valence-electron chi connectivity index (χ3n) is 3.49. The van der Waals surface area contributed by atoms with E-state index in [0.29, 0.717) is 5.71 Å². The highest BCUT2D eigenvalue weighted by molar-refractivity contribution is 6.65. The number of nitrogens with one attached hydrogen (secondary N) is 1. The van der Waals surface area contributed by atoms with Crippen LogP contribution in [0.5, 0.6) is 0 Å². The Kier molecular flexibility index (Phi) is 7.59. The molecule has 2 rings (SSSR count). The number of nitrogens with zero attached hydrogens (tertiary/aromatic N) is 3. The number of benzene rings is 2. The number of amides is 2. The van der Waals surface area contributed by atoms with Crippen LogP contribution in [-0.4, -0.2) is 35.7 Å². The summed E-state index contributed by atoms with van der Waals surface area (Å²) in [5.74, 6) is -0.709. The van der Waals surface area contributed by atoms with Crippen molar-refractivity contribution in [2.24, 2.45) is 21.0 Å². The second-order valence-corrected chi connectivity index (χ2v) is 5.52. The first-order valence-electron chi connectivity index (χ1n) is 8.56. The maximum atomic E-state index is 12.3. The Balaban J connectivity index is 2.53. The molecule has 0 spiro atoms. The standard InChI is InChI=1S/C20H21N5O3/c1-3-28-19(26)17(14(2)22-25-20(21)27)23-24-18(15-10-6-4-7-11-15)16-12-8-5-9-13-16/h4-13H,3H2,1-2H3,(H3,21,25,27)/b22-14+,23-17-. The second-order valence-electron chi connectivity index (χ2n) is 5.52. The largest absolute Gasteiger partial charge is 0.461 e. The molecule has 0 fully saturated rings. The fourth-order valence-corrected chi connectivity index (χ4v) is 2.23. The van der Waals surface area contributed by atoms with Crippen LogP contribution in [0.4, 0.5) is 4.79 Å². The van der Waals surface area contributed by atoms with Gasteiger partial charge >= 0.3 is 12.0 Å². The van der Waals surface area contributed by atoms with E-state index in [1.54, 1.807) is 6.92 Å². The molecule has 0 aliphatic heterocycles. The van der Waals surface area contributed by atoms with Crippen molar-refractivity contribution >= 4 is 29.1 Å². The van der Waals surface area contributed by atoms with E-state index in [-0.39, 0.29) is 18.0 Å². The van der Waals surface area contributed by atoms with Gasteiger partial charge in [0.25, 0.3) is 0 Å². The van der Waals surface area contributed by atoms with Crippen molar-refractivity contribution in [3.05, 3.63) is 71.8 Å². The molecule has 0 aromatic heterocycles. The van der Waals surface area contributed by atoms with E-state index in [1.807, 2.05) is 60.7 Å². The number of carbonyl (C=O) groups is 2. The smallest absolute Gasteiger partial charge is 0.360 e. The van der Waals surface area contributed by atoms with Gasteiger partial charge in [-0.05, 0) is 13.8 Å². The Hall–Kier alpha value is -3.81. The quantitative estimate of drug-likeness (QED) is 0.437. The molecule has 8 heteroatoms. The highest BCUT2D eigenvalue weighted by Gasteiger charge is 2.17. The van der Waals surface area contributed by atoms with Gasteiger partial charge in [0, 0.05) is 11.1 Å². The predicted molar refractivity (Wildman–Crippen MR) is 108 cm³/mol. The Morgan fingerprint density at radius 3 is 1.96 bits per heavy atom. The van der Waals surface area contributed by atoms with Crippen LogP contribution in [0.1, 0.15) is 25.0 Å². The lowest BCUT2D eigenvalue weighted by molar-refractivity contribution is -0.134. The number of rotatable bonds is 7. The first-order valence-corrected chi connectivity index (χ1v) is 8.56. The number of primary amides is 1. The molecule has 28 heavy (non-hydrogen) atoms. The molecule has 0 heterocycles. The van der Waals surface area contributed by atoms with Crippen molar-refractivity contribution in [3.63, 3.8) is 0 Å². The van der Waals surface area contributed by atoms with E-state index in [1.165, 1.54) is 6.92 Å². The number of hydrazone groups is 1. The average Bonchev–Trinajstić information content (AvgIpc) is 2.71. The maximum absolute atomic E-state index is 12.3. The fourth-order valence-electron chi connectivity index (χ4n) is 2.23. The predicted octanol–water partition coefficient (Wildman–Crippen LogP) is 2.49. The number of hydrogen-bond donors (Lipinski definition) is 2. The van der Waals surface area contributed by atoms with Crippen LogP contribution < -0.4 is 11.2 Å². The summed E-state index contributed by atoms with van der Waals surface area (Å²) in [4.78, 5) is 23.1. The average molecular weight is 379 g/mol. The molecule has 0 aliphatic carbocycles. The molecule has 0 unspecified atom stereocenters. The van der Waals surface area contributed by atoms with Crippen molar-refractivity contribution in [3.8, 4) is 0 Å². The molecule has 0 atom stereocenters. The van der Waals surface area contributed by atoms with Crippen molar-refractivity contribution in [1.82, 2.24) is 5.43 Å². The van der Waals surface area contributed by atoms with Gasteiger partial charge in [-0.1, -0.05) is 60.7 Å². The van der Waals surface area contributed by atoms with E-state index in [4.69, 9.17) is 10.5 Å². The van der Waals surface area contributed by atoms with Gasteiger partial charge in [0.05, 0.1) is 12.3 Å². The topological polar surface area (TPSA) is 118 Å². The van der Waals surface area contributed by atoms with E-state index < -0.39 is 12.0 Å². The molecule has 2 aromatic rings. The van der Waals surface area contributed by atoms with Crippen LogP contribution in [0.3, 0.4) is 0 Å². The van der Waals surface area contributed by atoms with Gasteiger partial charge in [0.15, 0.2) is 5.71 Å². The van der Waals surface area contributed by atoms with Crippen LogP contribution in [0.15, 0.2) is 76.0 Å². The zero-order valence-corrected chi connectivity index (χ0v) is 15.6. The molecule has 0 saturated heterocycles. The Bertz CT molecular complexity index is 864. The summed E-state index contributed by atoms with van der Waals surface area (Å²) in [6, 6.07) is 18.0. The van der Waals surface area contributed by atoms with Crippen molar-refractivity contribution in [2.45, 2.75) is 13.8 Å². The SMILES string of the molecule is CCOC(=O)C(=N\N=C(c1ccccc1)c1ccccc1)/C(C)=N/NC(N)=O. The zero-order chi connectivity index (χ0) is 20.4. The summed E-state index contributed by atoms with van der Waals surface area (Å²) < 4.78 is 5.01. The molecule has 8 nitrogen and oxygen atoms in total. The van der Waals surface area contributed by atoms with Crippen molar-refractivity contribution in [2.75, 3.05) is 6.61 Å². The first kappa shape index (κ1) is 20.5. The van der Waals surface area contributed by atoms with Gasteiger partial charge in [-0.2, -0.15) is 5.10 Å². The van der Waals surface area contributed by atoms with Crippen LogP contribution >= 0.6 is 0 Å². The highest BCUT2D eigenvalue weighted by atomic mass is 16.5. The van der Waals surface area contributed by atoms with Crippen LogP contribution in [0.25, 0.3) is 0 Å². The summed E-state index contributed by atoms with van der Waals surface area (Å²) in [7, 11) is 0. The summed E-state index contributed by atoms with van der Waals surface area (Å²) >= 11 is 0. The fraction of sp³-hybridized carbons (Fsp3) is 0.150. The lowest BCUT2D eigenvalue weighted by atomic mass is 10.0. The van der Waals surface area contributed by atoms with E-state index in [2.05, 4.69) is 20.7 Å². The van der Waals surface area contributed by atoms with Gasteiger partial charge in [0.1, 0.15) is 5.71 Å². The zero-order valence-electron chi connectivity index (χ0n) is 15.6. The second kappa shape index (κ2) is 10.4. The minimum Gasteiger partial charge on any atom is -0.461 e. The third-order valence-corrected chi connectivity index (χ3v) is 3.49. The maximum Gasteiger partial charge on any atom is 0.360 e. The molecule has 0 saturated carbocycles. The van der Waals surface area contributed by atoms with Crippen LogP contribution in [0, 0.1) is 0 Å². The van der Waals surface area contributed by atoms with E-state index >= 15 is 0 Å². The van der Waals surface area contributed by atoms with Gasteiger partial charge in [0.2, 0.25) is 0 Å². The summed E-state index contributed by atoms with van der Waals surface area (Å²) in [5, 5.41) is 12.1. The lowest BCUT2D eigenvalue weighted by Crippen LogP contribution is -2.30. The molecule has 0 bridgehead atoms. The van der Waals surface area contributed by atoms with Gasteiger partial charge < -0.3 is 10.5 Å². The van der Waals surface area contributed by atoms with Crippen LogP contribution in [0.2, 0.25) is 0 Å². The Morgan fingerprint density at radius 1 is 0.964 bits per heavy atom. The minimum absolute atomic E-state index is 0.112. The number of hydrogen-bond acceptors (Lipinski definition) is 6. The Labute approximate surface area is 162 Å². The minimum atomic E-state index is -0.861. The summed E-state index contributed by atoms with van der Waals surface area (Å²) in [6.45, 7) is 3.32. The molecule has 144 valence electrons. The number of carbonyl (C=O) groups excluding carboxylic acids is 2. The normalized spacial score (nSPS) is 11.5. The first-order chi connectivity index (χ1) is 13.5. The van der Waals surface area contributed by atoms with Crippen molar-refractivity contribution < 1.29 is 14.3 Å². The lowest BCUT2D eigenvalue weighted by Gasteiger charge is -2.07. The molecule has 3 N–H and O–H groups in total. The molecule has 2 amide bonds. The number of urea groups is 1. The third kappa shape index (κ3) is 5.87. The van der Waals surface area contributed by atoms with E-state index in [9.17, 15) is 9.59 Å². The molecular formula is C20H21N5O3. The molecule has 0 radical (unpaired) electrons. The highest BCUT2D eigenvalue weighted by Crippen LogP contribution is 2.11. The molecule has 2 aromatic carbocycles. The van der Waals surface area contributed by atoms with Crippen molar-refractivity contribution in [1.29, 1.82) is 0 Å². The number of esters is 1.